The van der Waals surface area contributed by atoms with E-state index in [0.717, 1.165) is 29.5 Å². The molecular weight excluding hydrogens is 332 g/mol. The van der Waals surface area contributed by atoms with Crippen LogP contribution in [-0.2, 0) is 22.6 Å². The van der Waals surface area contributed by atoms with Crippen molar-refractivity contribution in [1.29, 1.82) is 0 Å². The van der Waals surface area contributed by atoms with E-state index < -0.39 is 0 Å². The van der Waals surface area contributed by atoms with Crippen LogP contribution in [0.1, 0.15) is 30.1 Å². The molecule has 0 bridgehead atoms. The summed E-state index contributed by atoms with van der Waals surface area (Å²) in [4.78, 5) is 14.3. The van der Waals surface area contributed by atoms with Crippen LogP contribution in [0.4, 0.5) is 0 Å². The van der Waals surface area contributed by atoms with Gasteiger partial charge in [0, 0.05) is 19.7 Å². The molecule has 0 radical (unpaired) electrons. The molecule has 0 N–H and O–H groups in total. The van der Waals surface area contributed by atoms with Crippen molar-refractivity contribution in [2.45, 2.75) is 31.9 Å². The summed E-state index contributed by atoms with van der Waals surface area (Å²) < 4.78 is 12.7. The molecule has 1 aliphatic heterocycles. The molecule has 138 valence electrons. The Bertz CT molecular complexity index is 766. The number of benzene rings is 1. The van der Waals surface area contributed by atoms with Crippen molar-refractivity contribution in [3.8, 4) is 5.75 Å². The molecule has 7 nitrogen and oxygen atoms in total. The number of hydrogen-bond acceptors (Lipinski definition) is 5. The van der Waals surface area contributed by atoms with Crippen molar-refractivity contribution >= 4 is 5.91 Å². The predicted octanol–water partition coefficient (Wildman–Crippen LogP) is 1.84. The summed E-state index contributed by atoms with van der Waals surface area (Å²) in [5, 5.41) is 8.35. The largest absolute Gasteiger partial charge is 0.497 e. The molecule has 1 saturated heterocycles. The van der Waals surface area contributed by atoms with Gasteiger partial charge in [0.2, 0.25) is 5.91 Å². The first-order chi connectivity index (χ1) is 12.7. The highest BCUT2D eigenvalue weighted by Gasteiger charge is 2.32. The first-order valence-electron chi connectivity index (χ1n) is 9.10. The molecule has 0 unspecified atom stereocenters. The summed E-state index contributed by atoms with van der Waals surface area (Å²) in [6, 6.07) is 7.84. The molecule has 2 heterocycles. The number of rotatable bonds is 8. The summed E-state index contributed by atoms with van der Waals surface area (Å²) in [5.41, 5.74) is 1.82. The van der Waals surface area contributed by atoms with Crippen molar-refractivity contribution in [2.24, 2.45) is 5.92 Å². The Labute approximate surface area is 152 Å². The summed E-state index contributed by atoms with van der Waals surface area (Å²) in [6.45, 7) is 2.69. The molecule has 1 aromatic carbocycles. The second kappa shape index (κ2) is 7.45. The van der Waals surface area contributed by atoms with Crippen LogP contribution in [0.2, 0.25) is 0 Å². The van der Waals surface area contributed by atoms with Gasteiger partial charge in [-0.25, -0.2) is 4.68 Å². The maximum atomic E-state index is 12.4. The zero-order valence-electron chi connectivity index (χ0n) is 15.0. The number of likely N-dealkylation sites (tertiary alicyclic amines) is 1. The molecule has 1 aliphatic carbocycles. The van der Waals surface area contributed by atoms with Crippen LogP contribution in [-0.4, -0.2) is 52.6 Å². The molecule has 1 saturated carbocycles. The number of methoxy groups -OCH3 is 1. The topological polar surface area (TPSA) is 69.5 Å². The SMILES string of the molecule is COc1cccc(CC(=O)N2CC(n3cc(COCC4CC4)nn3)C2)c1. The quantitative estimate of drug-likeness (QED) is 0.722. The highest BCUT2D eigenvalue weighted by Crippen LogP contribution is 2.29. The molecule has 1 amide bonds. The maximum Gasteiger partial charge on any atom is 0.227 e. The van der Waals surface area contributed by atoms with E-state index in [2.05, 4.69) is 10.3 Å². The summed E-state index contributed by atoms with van der Waals surface area (Å²) in [6.07, 6.45) is 4.89. The minimum atomic E-state index is 0.127. The molecule has 26 heavy (non-hydrogen) atoms. The van der Waals surface area contributed by atoms with Crippen LogP contribution in [0.15, 0.2) is 30.5 Å². The van der Waals surface area contributed by atoms with Gasteiger partial charge in [-0.2, -0.15) is 0 Å². The monoisotopic (exact) mass is 356 g/mol. The van der Waals surface area contributed by atoms with E-state index in [0.29, 0.717) is 26.1 Å². The third-order valence-electron chi connectivity index (χ3n) is 4.94. The van der Waals surface area contributed by atoms with Crippen molar-refractivity contribution in [3.63, 3.8) is 0 Å². The molecule has 0 atom stereocenters. The summed E-state index contributed by atoms with van der Waals surface area (Å²) >= 11 is 0. The number of ether oxygens (including phenoxy) is 2. The zero-order chi connectivity index (χ0) is 17.9. The van der Waals surface area contributed by atoms with Crippen LogP contribution in [0.25, 0.3) is 0 Å². The smallest absolute Gasteiger partial charge is 0.227 e. The van der Waals surface area contributed by atoms with Gasteiger partial charge in [0.15, 0.2) is 0 Å². The molecule has 4 rings (SSSR count). The second-order valence-electron chi connectivity index (χ2n) is 7.13. The number of aromatic nitrogens is 3. The average molecular weight is 356 g/mol. The first-order valence-corrected chi connectivity index (χ1v) is 9.10. The van der Waals surface area contributed by atoms with Gasteiger partial charge >= 0.3 is 0 Å². The van der Waals surface area contributed by atoms with Gasteiger partial charge in [-0.15, -0.1) is 5.10 Å². The molecule has 1 aromatic heterocycles. The van der Waals surface area contributed by atoms with Gasteiger partial charge in [-0.3, -0.25) is 4.79 Å². The van der Waals surface area contributed by atoms with E-state index >= 15 is 0 Å². The van der Waals surface area contributed by atoms with Gasteiger partial charge < -0.3 is 14.4 Å². The maximum absolute atomic E-state index is 12.4. The molecule has 0 spiro atoms. The first kappa shape index (κ1) is 17.0. The molecular formula is C19H24N4O3. The Morgan fingerprint density at radius 3 is 2.92 bits per heavy atom. The fourth-order valence-electron chi connectivity index (χ4n) is 3.07. The molecule has 2 aromatic rings. The van der Waals surface area contributed by atoms with Crippen LogP contribution >= 0.6 is 0 Å². The standard InChI is InChI=1S/C19H24N4O3/c1-25-18-4-2-3-15(7-18)8-19(24)22-10-17(11-22)23-9-16(20-21-23)13-26-12-14-5-6-14/h2-4,7,9,14,17H,5-6,8,10-13H2,1H3. The van der Waals surface area contributed by atoms with Gasteiger partial charge in [0.1, 0.15) is 11.4 Å². The van der Waals surface area contributed by atoms with E-state index in [9.17, 15) is 4.79 Å². The number of amides is 1. The minimum absolute atomic E-state index is 0.127. The zero-order valence-corrected chi connectivity index (χ0v) is 15.0. The Kier molecular flexibility index (Phi) is 4.88. The number of carbonyl (C=O) groups is 1. The number of hydrogen-bond donors (Lipinski definition) is 0. The lowest BCUT2D eigenvalue weighted by Crippen LogP contribution is -2.51. The van der Waals surface area contributed by atoms with Gasteiger partial charge in [-0.1, -0.05) is 17.3 Å². The highest BCUT2D eigenvalue weighted by molar-refractivity contribution is 5.79. The second-order valence-corrected chi connectivity index (χ2v) is 7.13. The van der Waals surface area contributed by atoms with Crippen LogP contribution in [0.5, 0.6) is 5.75 Å². The summed E-state index contributed by atoms with van der Waals surface area (Å²) in [5.74, 6) is 1.65. The summed E-state index contributed by atoms with van der Waals surface area (Å²) in [7, 11) is 1.63. The van der Waals surface area contributed by atoms with Crippen LogP contribution in [0, 0.1) is 5.92 Å². The third-order valence-corrected chi connectivity index (χ3v) is 4.94. The molecule has 2 fully saturated rings. The van der Waals surface area contributed by atoms with E-state index in [1.54, 1.807) is 7.11 Å². The van der Waals surface area contributed by atoms with E-state index in [1.165, 1.54) is 12.8 Å². The lowest BCUT2D eigenvalue weighted by Gasteiger charge is -2.39. The van der Waals surface area contributed by atoms with Crippen molar-refractivity contribution < 1.29 is 14.3 Å². The van der Waals surface area contributed by atoms with Crippen molar-refractivity contribution in [3.05, 3.63) is 41.7 Å². The average Bonchev–Trinajstić information content (AvgIpc) is 3.31. The van der Waals surface area contributed by atoms with Gasteiger partial charge in [-0.05, 0) is 36.5 Å². The predicted molar refractivity (Wildman–Crippen MR) is 94.7 cm³/mol. The Hall–Kier alpha value is -2.41. The fourth-order valence-corrected chi connectivity index (χ4v) is 3.07. The highest BCUT2D eigenvalue weighted by atomic mass is 16.5. The Morgan fingerprint density at radius 1 is 1.31 bits per heavy atom. The van der Waals surface area contributed by atoms with Crippen LogP contribution in [0.3, 0.4) is 0 Å². The van der Waals surface area contributed by atoms with Crippen molar-refractivity contribution in [1.82, 2.24) is 19.9 Å². The van der Waals surface area contributed by atoms with E-state index in [4.69, 9.17) is 9.47 Å². The van der Waals surface area contributed by atoms with Gasteiger partial charge in [0.05, 0.1) is 32.4 Å². The molecule has 7 heteroatoms. The van der Waals surface area contributed by atoms with Gasteiger partial charge in [0.25, 0.3) is 0 Å². The normalized spacial score (nSPS) is 17.2. The van der Waals surface area contributed by atoms with E-state index in [1.807, 2.05) is 40.0 Å². The lowest BCUT2D eigenvalue weighted by molar-refractivity contribution is -0.136. The number of carbonyl (C=O) groups excluding carboxylic acids is 1. The molecule has 2 aliphatic rings. The Balaban J connectivity index is 1.24. The van der Waals surface area contributed by atoms with Crippen LogP contribution < -0.4 is 4.74 Å². The third kappa shape index (κ3) is 4.04. The fraction of sp³-hybridized carbons (Fsp3) is 0.526. The lowest BCUT2D eigenvalue weighted by atomic mass is 10.1. The Morgan fingerprint density at radius 2 is 2.15 bits per heavy atom. The minimum Gasteiger partial charge on any atom is -0.497 e. The van der Waals surface area contributed by atoms with Crippen molar-refractivity contribution in [2.75, 3.05) is 26.8 Å². The van der Waals surface area contributed by atoms with E-state index in [-0.39, 0.29) is 11.9 Å². The number of nitrogens with zero attached hydrogens (tertiary/aromatic N) is 4.